The van der Waals surface area contributed by atoms with Gasteiger partial charge in [0.1, 0.15) is 0 Å². The third-order valence-electron chi connectivity index (χ3n) is 4.25. The van der Waals surface area contributed by atoms with E-state index in [2.05, 4.69) is 11.3 Å². The van der Waals surface area contributed by atoms with Crippen LogP contribution in [0.3, 0.4) is 0 Å². The van der Waals surface area contributed by atoms with E-state index in [1.54, 1.807) is 0 Å². The molecule has 21 heteroatoms. The fourth-order valence-electron chi connectivity index (χ4n) is 2.15. The average Bonchev–Trinajstić information content (AvgIpc) is 2.64. The van der Waals surface area contributed by atoms with Gasteiger partial charge >= 0.3 is 59.5 Å². The van der Waals surface area contributed by atoms with Crippen LogP contribution in [0.5, 0.6) is 0 Å². The zero-order valence-electron chi connectivity index (χ0n) is 16.6. The van der Waals surface area contributed by atoms with Crippen molar-refractivity contribution in [2.45, 2.75) is 66.9 Å². The second-order valence-corrected chi connectivity index (χ2v) is 6.90. The maximum atomic E-state index is 14.2. The Morgan fingerprint density at radius 3 is 1.25 bits per heavy atom. The van der Waals surface area contributed by atoms with Crippen LogP contribution < -0.4 is 0 Å². The molecular weight excluding hydrogens is 573 g/mol. The molecule has 1 unspecified atom stereocenters. The molecule has 0 aromatic heterocycles. The minimum Gasteiger partial charge on any atom is -0.462 e. The molecule has 0 bridgehead atoms. The van der Waals surface area contributed by atoms with E-state index in [4.69, 9.17) is 0 Å². The Bertz CT molecular complexity index is 837. The van der Waals surface area contributed by atoms with E-state index >= 15 is 0 Å². The van der Waals surface area contributed by atoms with Crippen LogP contribution >= 0.6 is 0 Å². The number of rotatable bonds is 10. The molecule has 0 aliphatic heterocycles. The van der Waals surface area contributed by atoms with Crippen LogP contribution in [0.15, 0.2) is 12.2 Å². The predicted octanol–water partition coefficient (Wildman–Crippen LogP) is 7.14. The van der Waals surface area contributed by atoms with Crippen LogP contribution in [0.1, 0.15) is 13.3 Å². The Kier molecular flexibility index (Phi) is 8.49. The summed E-state index contributed by atoms with van der Waals surface area (Å²) in [7, 11) is 0. The lowest BCUT2D eigenvalue weighted by atomic mass is 9.79. The smallest absolute Gasteiger partial charge is 0.460 e. The Labute approximate surface area is 186 Å². The average molecular weight is 582 g/mol. The molecule has 0 spiro atoms. The first-order valence-corrected chi connectivity index (χ1v) is 8.24. The highest BCUT2D eigenvalue weighted by Crippen LogP contribution is 2.67. The third-order valence-corrected chi connectivity index (χ3v) is 4.25. The molecular formula is C15H9F19O2. The molecule has 0 saturated heterocycles. The van der Waals surface area contributed by atoms with E-state index in [1.807, 2.05) is 0 Å². The molecule has 0 radical (unpaired) electrons. The van der Waals surface area contributed by atoms with Crippen molar-refractivity contribution in [3.05, 3.63) is 12.2 Å². The standard InChI is InChI=1S/C15H9F19O2/c1-5(2)6(35)36-4-3-7(16,17)9(19,20)8(18,14(29,30)31)10(21,22)11(23,24)12(25,26)13(27,28)15(32,33)34/h1,3-4H2,2H3. The molecule has 0 heterocycles. The molecule has 0 aliphatic rings. The highest BCUT2D eigenvalue weighted by Gasteiger charge is 2.98. The summed E-state index contributed by atoms with van der Waals surface area (Å²) >= 11 is 0. The lowest BCUT2D eigenvalue weighted by molar-refractivity contribution is -0.472. The first-order valence-electron chi connectivity index (χ1n) is 8.24. The Hall–Kier alpha value is -2.12. The number of ether oxygens (including phenoxy) is 1. The Morgan fingerprint density at radius 1 is 0.583 bits per heavy atom. The molecule has 1 atom stereocenters. The highest BCUT2D eigenvalue weighted by molar-refractivity contribution is 5.86. The monoisotopic (exact) mass is 582 g/mol. The largest absolute Gasteiger partial charge is 0.462 e. The van der Waals surface area contributed by atoms with Crippen LogP contribution in [0.2, 0.25) is 0 Å². The summed E-state index contributed by atoms with van der Waals surface area (Å²) in [5.74, 6) is -52.5. The number of alkyl halides is 19. The maximum Gasteiger partial charge on any atom is 0.460 e. The number of carbonyl (C=O) groups excluding carboxylic acids is 1. The second kappa shape index (κ2) is 9.02. The fraction of sp³-hybridized carbons (Fsp3) is 0.800. The first-order chi connectivity index (χ1) is 15.3. The molecule has 36 heavy (non-hydrogen) atoms. The van der Waals surface area contributed by atoms with Gasteiger partial charge in [-0.3, -0.25) is 0 Å². The summed E-state index contributed by atoms with van der Waals surface area (Å²) in [5, 5.41) is 0. The molecule has 0 fully saturated rings. The molecule has 214 valence electrons. The van der Waals surface area contributed by atoms with E-state index in [0.29, 0.717) is 0 Å². The van der Waals surface area contributed by atoms with Gasteiger partial charge < -0.3 is 4.74 Å². The van der Waals surface area contributed by atoms with Gasteiger partial charge in [-0.1, -0.05) is 6.58 Å². The number of halogens is 19. The molecule has 0 amide bonds. The topological polar surface area (TPSA) is 26.3 Å². The van der Waals surface area contributed by atoms with Crippen LogP contribution in [-0.2, 0) is 9.53 Å². The van der Waals surface area contributed by atoms with Crippen LogP contribution in [0.25, 0.3) is 0 Å². The number of carbonyl (C=O) groups is 1. The Morgan fingerprint density at radius 2 is 0.944 bits per heavy atom. The zero-order chi connectivity index (χ0) is 29.8. The lowest BCUT2D eigenvalue weighted by Crippen LogP contribution is -2.79. The second-order valence-electron chi connectivity index (χ2n) is 6.90. The molecule has 0 aromatic carbocycles. The molecule has 0 aromatic rings. The SMILES string of the molecule is C=C(C)C(=O)OCCC(F)(F)C(F)(F)C(F)(C(F)(F)F)C(F)(F)C(F)(F)C(F)(F)C(F)(F)C(F)(F)F. The lowest BCUT2D eigenvalue weighted by Gasteiger charge is -2.46. The Balaban J connectivity index is 7.00. The summed E-state index contributed by atoms with van der Waals surface area (Å²) in [4.78, 5) is 10.9. The first kappa shape index (κ1) is 33.9. The van der Waals surface area contributed by atoms with Gasteiger partial charge in [-0.25, -0.2) is 9.18 Å². The van der Waals surface area contributed by atoms with Crippen molar-refractivity contribution >= 4 is 5.97 Å². The minimum absolute atomic E-state index is 0.695. The van der Waals surface area contributed by atoms with Gasteiger partial charge in [-0.05, 0) is 6.92 Å². The van der Waals surface area contributed by atoms with Gasteiger partial charge in [-0.15, -0.1) is 0 Å². The van der Waals surface area contributed by atoms with Crippen molar-refractivity contribution in [1.82, 2.24) is 0 Å². The van der Waals surface area contributed by atoms with Crippen molar-refractivity contribution in [2.24, 2.45) is 0 Å². The van der Waals surface area contributed by atoms with Crippen molar-refractivity contribution in [2.75, 3.05) is 6.61 Å². The molecule has 0 aliphatic carbocycles. The van der Waals surface area contributed by atoms with Gasteiger partial charge in [-0.2, -0.15) is 79.0 Å². The predicted molar refractivity (Wildman–Crippen MR) is 76.0 cm³/mol. The van der Waals surface area contributed by atoms with Crippen LogP contribution in [-0.4, -0.2) is 66.1 Å². The van der Waals surface area contributed by atoms with Crippen molar-refractivity contribution < 1.29 is 92.9 Å². The normalized spacial score (nSPS) is 17.0. The van der Waals surface area contributed by atoms with Crippen LogP contribution in [0.4, 0.5) is 83.4 Å². The van der Waals surface area contributed by atoms with Gasteiger partial charge in [0, 0.05) is 5.57 Å². The quantitative estimate of drug-likeness (QED) is 0.156. The van der Waals surface area contributed by atoms with Gasteiger partial charge in [0.2, 0.25) is 0 Å². The van der Waals surface area contributed by atoms with Crippen molar-refractivity contribution in [3.63, 3.8) is 0 Å². The van der Waals surface area contributed by atoms with Gasteiger partial charge in [0.25, 0.3) is 0 Å². The number of esters is 1. The van der Waals surface area contributed by atoms with Gasteiger partial charge in [0.15, 0.2) is 0 Å². The summed E-state index contributed by atoms with van der Waals surface area (Å²) in [6, 6.07) is 0. The molecule has 2 nitrogen and oxygen atoms in total. The molecule has 0 saturated carbocycles. The summed E-state index contributed by atoms with van der Waals surface area (Å²) in [5.41, 5.74) is -9.62. The summed E-state index contributed by atoms with van der Waals surface area (Å²) in [6.45, 7) is 1.36. The molecule has 0 N–H and O–H groups in total. The van der Waals surface area contributed by atoms with Crippen molar-refractivity contribution in [1.29, 1.82) is 0 Å². The summed E-state index contributed by atoms with van der Waals surface area (Å²) in [6.07, 6.45) is -19.6. The zero-order valence-corrected chi connectivity index (χ0v) is 16.6. The van der Waals surface area contributed by atoms with E-state index in [9.17, 15) is 88.2 Å². The number of hydrogen-bond donors (Lipinski definition) is 0. The van der Waals surface area contributed by atoms with E-state index < -0.39 is 78.1 Å². The fourth-order valence-corrected chi connectivity index (χ4v) is 2.15. The highest BCUT2D eigenvalue weighted by atomic mass is 19.4. The van der Waals surface area contributed by atoms with Crippen molar-refractivity contribution in [3.8, 4) is 0 Å². The summed E-state index contributed by atoms with van der Waals surface area (Å²) < 4.78 is 254. The number of hydrogen-bond acceptors (Lipinski definition) is 2. The van der Waals surface area contributed by atoms with E-state index in [-0.39, 0.29) is 0 Å². The third kappa shape index (κ3) is 4.65. The van der Waals surface area contributed by atoms with Gasteiger partial charge in [0.05, 0.1) is 13.0 Å². The molecule has 0 rings (SSSR count). The van der Waals surface area contributed by atoms with Crippen LogP contribution in [0, 0.1) is 0 Å². The minimum atomic E-state index is -9.14. The van der Waals surface area contributed by atoms with E-state index in [0.717, 1.165) is 6.92 Å². The van der Waals surface area contributed by atoms with E-state index in [1.165, 1.54) is 0 Å². The maximum absolute atomic E-state index is 14.2.